The van der Waals surface area contributed by atoms with Gasteiger partial charge in [-0.25, -0.2) is 13.8 Å². The Morgan fingerprint density at radius 2 is 2.20 bits per heavy atom. The maximum Gasteiger partial charge on any atom is 0.337 e. The minimum absolute atomic E-state index is 0.00780. The molecular formula is C9H10ClNO3S. The van der Waals surface area contributed by atoms with Crippen LogP contribution in [-0.2, 0) is 9.73 Å². The maximum absolute atomic E-state index is 11.7. The van der Waals surface area contributed by atoms with Crippen LogP contribution in [0.5, 0.6) is 0 Å². The number of aromatic carboxylic acids is 1. The van der Waals surface area contributed by atoms with Crippen LogP contribution < -0.4 is 0 Å². The highest BCUT2D eigenvalue weighted by Crippen LogP contribution is 2.21. The molecule has 2 N–H and O–H groups in total. The molecule has 1 aromatic carbocycles. The summed E-state index contributed by atoms with van der Waals surface area (Å²) in [5.74, 6) is -0.963. The van der Waals surface area contributed by atoms with E-state index < -0.39 is 15.7 Å². The summed E-state index contributed by atoms with van der Waals surface area (Å²) in [4.78, 5) is 10.9. The zero-order valence-corrected chi connectivity index (χ0v) is 9.56. The molecule has 0 aromatic heterocycles. The molecule has 6 heteroatoms. The molecule has 82 valence electrons. The van der Waals surface area contributed by atoms with Gasteiger partial charge in [0.15, 0.2) is 0 Å². The second-order valence-corrected chi connectivity index (χ2v) is 5.72. The van der Waals surface area contributed by atoms with Gasteiger partial charge in [-0.1, -0.05) is 18.5 Å². The zero-order valence-electron chi connectivity index (χ0n) is 7.99. The van der Waals surface area contributed by atoms with E-state index in [2.05, 4.69) is 0 Å². The van der Waals surface area contributed by atoms with E-state index in [1.165, 1.54) is 18.2 Å². The van der Waals surface area contributed by atoms with Crippen molar-refractivity contribution in [2.75, 3.05) is 5.75 Å². The molecule has 0 heterocycles. The normalized spacial score (nSPS) is 14.5. The summed E-state index contributed by atoms with van der Waals surface area (Å²) < 4.78 is 19.2. The van der Waals surface area contributed by atoms with Crippen LogP contribution in [0.4, 0.5) is 0 Å². The Bertz CT molecular complexity index is 496. The second-order valence-electron chi connectivity index (χ2n) is 2.91. The average Bonchev–Trinajstić information content (AvgIpc) is 2.17. The van der Waals surface area contributed by atoms with Gasteiger partial charge in [-0.2, -0.15) is 0 Å². The standard InChI is InChI=1S/C9H10ClNO3S/c1-2-15(11,14)6-3-4-7(9(12)13)8(10)5-6/h3-5,11H,2H2,1H3,(H,12,13). The van der Waals surface area contributed by atoms with Crippen molar-refractivity contribution in [3.8, 4) is 0 Å². The van der Waals surface area contributed by atoms with Crippen LogP contribution in [0.1, 0.15) is 17.3 Å². The minimum atomic E-state index is -2.84. The number of carboxylic acid groups (broad SMARTS) is 1. The molecule has 4 nitrogen and oxygen atoms in total. The Balaban J connectivity index is 3.30. The number of carboxylic acids is 1. The van der Waals surface area contributed by atoms with Crippen LogP contribution in [0.2, 0.25) is 5.02 Å². The lowest BCUT2D eigenvalue weighted by Crippen LogP contribution is -2.04. The van der Waals surface area contributed by atoms with Crippen molar-refractivity contribution in [1.29, 1.82) is 4.78 Å². The van der Waals surface area contributed by atoms with Gasteiger partial charge in [0.1, 0.15) is 0 Å². The van der Waals surface area contributed by atoms with Crippen molar-refractivity contribution >= 4 is 27.3 Å². The monoisotopic (exact) mass is 247 g/mol. The van der Waals surface area contributed by atoms with E-state index in [0.29, 0.717) is 0 Å². The van der Waals surface area contributed by atoms with Gasteiger partial charge < -0.3 is 5.11 Å². The number of benzene rings is 1. The topological polar surface area (TPSA) is 78.2 Å². The number of carbonyl (C=O) groups is 1. The highest BCUT2D eigenvalue weighted by Gasteiger charge is 2.13. The molecule has 0 amide bonds. The number of halogens is 1. The van der Waals surface area contributed by atoms with Crippen LogP contribution in [0.3, 0.4) is 0 Å². The molecule has 0 aliphatic heterocycles. The van der Waals surface area contributed by atoms with Crippen LogP contribution in [0.25, 0.3) is 0 Å². The Hall–Kier alpha value is -1.07. The summed E-state index contributed by atoms with van der Waals surface area (Å²) in [6.45, 7) is 1.63. The largest absolute Gasteiger partial charge is 0.478 e. The lowest BCUT2D eigenvalue weighted by atomic mass is 10.2. The van der Waals surface area contributed by atoms with Crippen molar-refractivity contribution in [1.82, 2.24) is 0 Å². The fourth-order valence-corrected chi connectivity index (χ4v) is 2.30. The zero-order chi connectivity index (χ0) is 11.6. The number of hydrogen-bond acceptors (Lipinski definition) is 3. The molecule has 1 unspecified atom stereocenters. The maximum atomic E-state index is 11.7. The highest BCUT2D eigenvalue weighted by molar-refractivity contribution is 7.92. The lowest BCUT2D eigenvalue weighted by Gasteiger charge is -2.06. The summed E-state index contributed by atoms with van der Waals surface area (Å²) in [5.41, 5.74) is -0.0493. The molecule has 0 aliphatic carbocycles. The second kappa shape index (κ2) is 4.20. The summed E-state index contributed by atoms with van der Waals surface area (Å²) in [6, 6.07) is 3.92. The molecule has 0 fully saturated rings. The van der Waals surface area contributed by atoms with Gasteiger partial charge in [0.25, 0.3) is 0 Å². The SMILES string of the molecule is CCS(=N)(=O)c1ccc(C(=O)O)c(Cl)c1. The Labute approximate surface area is 92.9 Å². The van der Waals surface area contributed by atoms with Gasteiger partial charge in [0.05, 0.1) is 20.3 Å². The molecular weight excluding hydrogens is 238 g/mol. The average molecular weight is 248 g/mol. The molecule has 1 atom stereocenters. The van der Waals surface area contributed by atoms with E-state index in [0.717, 1.165) is 0 Å². The van der Waals surface area contributed by atoms with Gasteiger partial charge in [0.2, 0.25) is 0 Å². The van der Waals surface area contributed by atoms with E-state index in [-0.39, 0.29) is 21.2 Å². The third kappa shape index (κ3) is 2.49. The molecule has 0 saturated heterocycles. The van der Waals surface area contributed by atoms with Gasteiger partial charge >= 0.3 is 5.97 Å². The first kappa shape index (κ1) is 12.0. The molecule has 0 spiro atoms. The third-order valence-corrected chi connectivity index (χ3v) is 4.10. The van der Waals surface area contributed by atoms with Crippen molar-refractivity contribution in [3.63, 3.8) is 0 Å². The number of hydrogen-bond donors (Lipinski definition) is 2. The summed E-state index contributed by atoms with van der Waals surface area (Å²) in [5, 5.41) is 8.72. The van der Waals surface area contributed by atoms with Gasteiger partial charge in [-0.15, -0.1) is 0 Å². The van der Waals surface area contributed by atoms with Crippen molar-refractivity contribution < 1.29 is 14.1 Å². The van der Waals surface area contributed by atoms with Crippen LogP contribution in [-0.4, -0.2) is 21.0 Å². The fourth-order valence-electron chi connectivity index (χ4n) is 1.04. The van der Waals surface area contributed by atoms with Gasteiger partial charge in [-0.3, -0.25) is 0 Å². The number of rotatable bonds is 3. The Kier molecular flexibility index (Phi) is 3.36. The van der Waals surface area contributed by atoms with E-state index in [4.69, 9.17) is 21.5 Å². The first-order valence-electron chi connectivity index (χ1n) is 4.18. The fraction of sp³-hybridized carbons (Fsp3) is 0.222. The third-order valence-electron chi connectivity index (χ3n) is 1.96. The molecule has 0 radical (unpaired) electrons. The summed E-state index contributed by atoms with van der Waals surface area (Å²) >= 11 is 5.70. The Morgan fingerprint density at radius 1 is 1.60 bits per heavy atom. The molecule has 0 saturated carbocycles. The summed E-state index contributed by atoms with van der Waals surface area (Å²) in [7, 11) is -2.84. The first-order chi connectivity index (χ1) is 6.88. The van der Waals surface area contributed by atoms with Crippen molar-refractivity contribution in [2.45, 2.75) is 11.8 Å². The molecule has 1 aromatic rings. The van der Waals surface area contributed by atoms with Gasteiger partial charge in [-0.05, 0) is 18.2 Å². The van der Waals surface area contributed by atoms with Crippen LogP contribution in [0.15, 0.2) is 23.1 Å². The molecule has 1 rings (SSSR count). The summed E-state index contributed by atoms with van der Waals surface area (Å²) in [6.07, 6.45) is 0. The van der Waals surface area contributed by atoms with E-state index in [1.807, 2.05) is 0 Å². The lowest BCUT2D eigenvalue weighted by molar-refractivity contribution is 0.0697. The predicted octanol–water partition coefficient (Wildman–Crippen LogP) is 2.46. The van der Waals surface area contributed by atoms with E-state index in [9.17, 15) is 9.00 Å². The van der Waals surface area contributed by atoms with Crippen LogP contribution >= 0.6 is 11.6 Å². The molecule has 0 bridgehead atoms. The predicted molar refractivity (Wildman–Crippen MR) is 58.1 cm³/mol. The van der Waals surface area contributed by atoms with Gasteiger partial charge in [0, 0.05) is 10.6 Å². The number of nitrogens with one attached hydrogen (secondary N) is 1. The molecule has 0 aliphatic rings. The van der Waals surface area contributed by atoms with Crippen molar-refractivity contribution in [3.05, 3.63) is 28.8 Å². The van der Waals surface area contributed by atoms with E-state index in [1.54, 1.807) is 6.92 Å². The molecule has 15 heavy (non-hydrogen) atoms. The highest BCUT2D eigenvalue weighted by atomic mass is 35.5. The van der Waals surface area contributed by atoms with E-state index >= 15 is 0 Å². The smallest absolute Gasteiger partial charge is 0.337 e. The van der Waals surface area contributed by atoms with Crippen LogP contribution in [0, 0.1) is 4.78 Å². The first-order valence-corrected chi connectivity index (χ1v) is 6.28. The minimum Gasteiger partial charge on any atom is -0.478 e. The quantitative estimate of drug-likeness (QED) is 0.861. The van der Waals surface area contributed by atoms with Crippen molar-refractivity contribution in [2.24, 2.45) is 0 Å². The Morgan fingerprint density at radius 3 is 2.60 bits per heavy atom.